The normalized spacial score (nSPS) is 21.0. The zero-order valence-electron chi connectivity index (χ0n) is 15.2. The summed E-state index contributed by atoms with van der Waals surface area (Å²) in [6, 6.07) is 1.50. The number of fused-ring (bicyclic) bond motifs is 3. The Kier molecular flexibility index (Phi) is 3.97. The molecule has 2 aromatic rings. The number of hydrogen-bond donors (Lipinski definition) is 3. The molecule has 2 heterocycles. The molecule has 2 aliphatic carbocycles. The monoisotopic (exact) mass is 403 g/mol. The number of urea groups is 1. The van der Waals surface area contributed by atoms with Crippen molar-refractivity contribution < 1.29 is 18.8 Å². The second kappa shape index (κ2) is 6.29. The van der Waals surface area contributed by atoms with Crippen molar-refractivity contribution in [2.45, 2.75) is 49.6 Å². The Morgan fingerprint density at radius 1 is 1.36 bits per heavy atom. The van der Waals surface area contributed by atoms with Gasteiger partial charge < -0.3 is 15.2 Å². The molecule has 10 heteroatoms. The predicted molar refractivity (Wildman–Crippen MR) is 102 cm³/mol. The van der Waals surface area contributed by atoms with Crippen molar-refractivity contribution in [3.05, 3.63) is 34.5 Å². The first-order valence-corrected chi connectivity index (χ1v) is 10.9. The topological polar surface area (TPSA) is 132 Å². The first-order valence-electron chi connectivity index (χ1n) is 9.32. The molecular weight excluding hydrogens is 382 g/mol. The lowest BCUT2D eigenvalue weighted by molar-refractivity contribution is 0.130. The van der Waals surface area contributed by atoms with E-state index in [0.717, 1.165) is 48.9 Å². The van der Waals surface area contributed by atoms with Crippen molar-refractivity contribution in [3.63, 3.8) is 0 Å². The molecule has 4 N–H and O–H groups in total. The minimum Gasteiger partial charge on any atom is -0.469 e. The summed E-state index contributed by atoms with van der Waals surface area (Å²) < 4.78 is 23.7. The van der Waals surface area contributed by atoms with E-state index in [9.17, 15) is 14.1 Å². The van der Waals surface area contributed by atoms with Gasteiger partial charge in [-0.1, -0.05) is 6.07 Å². The van der Waals surface area contributed by atoms with E-state index in [1.807, 2.05) is 0 Å². The number of hydrogen-bond acceptors (Lipinski definition) is 5. The van der Waals surface area contributed by atoms with E-state index >= 15 is 0 Å². The maximum atomic E-state index is 13.0. The van der Waals surface area contributed by atoms with Gasteiger partial charge in [-0.2, -0.15) is 5.10 Å². The van der Waals surface area contributed by atoms with Crippen molar-refractivity contribution >= 4 is 21.6 Å². The van der Waals surface area contributed by atoms with Crippen LogP contribution in [0.4, 0.5) is 10.5 Å². The van der Waals surface area contributed by atoms with E-state index in [1.165, 1.54) is 22.0 Å². The van der Waals surface area contributed by atoms with E-state index in [0.29, 0.717) is 6.54 Å². The van der Waals surface area contributed by atoms with Crippen LogP contribution >= 0.6 is 0 Å². The molecular formula is C18H21N5O4S. The number of benzene rings is 1. The molecule has 0 spiro atoms. The number of ether oxygens (including phenoxy) is 1. The van der Waals surface area contributed by atoms with Gasteiger partial charge in [-0.25, -0.2) is 18.8 Å². The van der Waals surface area contributed by atoms with Crippen LogP contribution in [0.3, 0.4) is 0 Å². The Bertz CT molecular complexity index is 1120. The van der Waals surface area contributed by atoms with E-state index in [2.05, 4.69) is 20.8 Å². The summed E-state index contributed by atoms with van der Waals surface area (Å²) in [5.41, 5.74) is 5.67. The quantitative estimate of drug-likeness (QED) is 0.707. The first-order chi connectivity index (χ1) is 13.5. The van der Waals surface area contributed by atoms with Gasteiger partial charge >= 0.3 is 6.03 Å². The molecule has 0 bridgehead atoms. The predicted octanol–water partition coefficient (Wildman–Crippen LogP) is 1.16. The van der Waals surface area contributed by atoms with Crippen molar-refractivity contribution in [1.82, 2.24) is 9.78 Å². The Balaban J connectivity index is 1.45. The molecule has 5 rings (SSSR count). The Hall–Kier alpha value is -2.43. The number of carbonyl (C=O) groups excluding carboxylic acids is 1. The molecule has 0 fully saturated rings. The highest BCUT2D eigenvalue weighted by Gasteiger charge is 2.31. The number of anilines is 1. The maximum absolute atomic E-state index is 13.0. The number of nitrogens with two attached hydrogens (primary N) is 1. The van der Waals surface area contributed by atoms with Crippen LogP contribution in [0, 0.1) is 0 Å². The Morgan fingerprint density at radius 2 is 2.14 bits per heavy atom. The minimum atomic E-state index is -3.54. The highest BCUT2D eigenvalue weighted by atomic mass is 32.2. The van der Waals surface area contributed by atoms with Crippen molar-refractivity contribution in [2.75, 3.05) is 11.9 Å². The summed E-state index contributed by atoms with van der Waals surface area (Å²) in [6.45, 7) is 0.131. The van der Waals surface area contributed by atoms with Crippen LogP contribution in [-0.2, 0) is 42.1 Å². The molecule has 2 amide bonds. The molecule has 28 heavy (non-hydrogen) atoms. The lowest BCUT2D eigenvalue weighted by Crippen LogP contribution is -2.22. The second-order valence-electron chi connectivity index (χ2n) is 7.39. The van der Waals surface area contributed by atoms with Crippen molar-refractivity contribution in [3.8, 4) is 5.88 Å². The minimum absolute atomic E-state index is 0.0601. The summed E-state index contributed by atoms with van der Waals surface area (Å²) in [6.07, 6.45) is 5.77. The number of amides is 2. The van der Waals surface area contributed by atoms with E-state index < -0.39 is 22.1 Å². The fraction of sp³-hybridized carbons (Fsp3) is 0.444. The first kappa shape index (κ1) is 17.7. The number of rotatable bonds is 3. The highest BCUT2D eigenvalue weighted by Crippen LogP contribution is 2.39. The number of aliphatic hydroxyl groups excluding tert-OH is 1. The average molecular weight is 403 g/mol. The number of aliphatic hydroxyl groups is 1. The standard InChI is InChI=1S/C18H21N5O4S/c19-28(26,15-7-20-23-8-12(9-24)27-17(15)23)22-18(25)21-16-13-3-1-2-10(13)6-11-4-5-14(11)16/h6-7,12,24H,1-5,8-9H2,(H3,19,21,22,25,26)/t12-,28?/m1/s1. The van der Waals surface area contributed by atoms with E-state index in [4.69, 9.17) is 9.88 Å². The van der Waals surface area contributed by atoms with Gasteiger partial charge in [0, 0.05) is 5.69 Å². The summed E-state index contributed by atoms with van der Waals surface area (Å²) in [5, 5.41) is 22.0. The summed E-state index contributed by atoms with van der Waals surface area (Å²) in [7, 11) is -3.54. The average Bonchev–Trinajstić information content (AvgIpc) is 3.31. The number of aryl methyl sites for hydroxylation is 2. The molecule has 0 saturated heterocycles. The van der Waals surface area contributed by atoms with Crippen LogP contribution in [0.2, 0.25) is 0 Å². The zero-order valence-corrected chi connectivity index (χ0v) is 16.0. The number of nitrogens with zero attached hydrogens (tertiary/aromatic N) is 3. The summed E-state index contributed by atoms with van der Waals surface area (Å²) in [4.78, 5) is 12.6. The van der Waals surface area contributed by atoms with Crippen LogP contribution in [-0.4, -0.2) is 37.8 Å². The third kappa shape index (κ3) is 2.71. The van der Waals surface area contributed by atoms with Gasteiger partial charge in [0.25, 0.3) is 0 Å². The largest absolute Gasteiger partial charge is 0.469 e. The highest BCUT2D eigenvalue weighted by molar-refractivity contribution is 7.91. The Labute approximate surface area is 162 Å². The fourth-order valence-corrected chi connectivity index (χ4v) is 5.18. The molecule has 1 aromatic heterocycles. The third-order valence-electron chi connectivity index (χ3n) is 5.63. The molecule has 3 aliphatic rings. The number of aromatic nitrogens is 2. The van der Waals surface area contributed by atoms with E-state index in [-0.39, 0.29) is 17.4 Å². The number of carbonyl (C=O) groups is 1. The molecule has 1 aliphatic heterocycles. The third-order valence-corrected chi connectivity index (χ3v) is 6.98. The molecule has 0 saturated carbocycles. The zero-order chi connectivity index (χ0) is 19.5. The lowest BCUT2D eigenvalue weighted by Gasteiger charge is -2.25. The molecule has 148 valence electrons. The fourth-order valence-electron chi connectivity index (χ4n) is 4.19. The Morgan fingerprint density at radius 3 is 2.89 bits per heavy atom. The van der Waals surface area contributed by atoms with Crippen LogP contribution < -0.4 is 15.2 Å². The summed E-state index contributed by atoms with van der Waals surface area (Å²) in [5.74, 6) is 0.188. The van der Waals surface area contributed by atoms with Gasteiger partial charge in [0.2, 0.25) is 5.88 Å². The molecule has 9 nitrogen and oxygen atoms in total. The molecule has 2 atom stereocenters. The van der Waals surface area contributed by atoms with Gasteiger partial charge in [-0.05, 0) is 54.4 Å². The second-order valence-corrected chi connectivity index (χ2v) is 9.15. The van der Waals surface area contributed by atoms with Gasteiger partial charge in [0.1, 0.15) is 11.0 Å². The van der Waals surface area contributed by atoms with Crippen LogP contribution in [0.15, 0.2) is 21.5 Å². The van der Waals surface area contributed by atoms with Gasteiger partial charge in [-0.15, -0.1) is 4.36 Å². The molecule has 0 radical (unpaired) electrons. The van der Waals surface area contributed by atoms with Crippen molar-refractivity contribution in [1.29, 1.82) is 0 Å². The molecule has 1 aromatic carbocycles. The number of nitrogens with one attached hydrogen (secondary N) is 1. The SMILES string of the molecule is NS(=O)(=NC(=O)Nc1c2c(cc3c1CC3)CCC2)c1cnn2c1O[C@@H](CO)C2. The molecule has 1 unspecified atom stereocenters. The smallest absolute Gasteiger partial charge is 0.354 e. The van der Waals surface area contributed by atoms with Crippen LogP contribution in [0.25, 0.3) is 0 Å². The van der Waals surface area contributed by atoms with Gasteiger partial charge in [0.05, 0.1) is 19.3 Å². The van der Waals surface area contributed by atoms with Crippen molar-refractivity contribution in [2.24, 2.45) is 9.50 Å². The van der Waals surface area contributed by atoms with Crippen LogP contribution in [0.1, 0.15) is 28.7 Å². The maximum Gasteiger partial charge on any atom is 0.354 e. The van der Waals surface area contributed by atoms with E-state index in [1.54, 1.807) is 0 Å². The summed E-state index contributed by atoms with van der Waals surface area (Å²) >= 11 is 0. The van der Waals surface area contributed by atoms with Gasteiger partial charge in [0.15, 0.2) is 9.92 Å². The van der Waals surface area contributed by atoms with Gasteiger partial charge in [-0.3, -0.25) is 0 Å². The lowest BCUT2D eigenvalue weighted by atomic mass is 9.83. The van der Waals surface area contributed by atoms with Crippen LogP contribution in [0.5, 0.6) is 5.88 Å².